The Morgan fingerprint density at radius 1 is 1.80 bits per heavy atom. The number of hydrogen-bond acceptors (Lipinski definition) is 3. The van der Waals surface area contributed by atoms with Gasteiger partial charge in [0, 0.05) is 20.1 Å². The number of carbonyl (C=O) groups excluding carboxylic acids is 1. The SMILES string of the molecule is CN(CCN)C(=O)CC#N. The van der Waals surface area contributed by atoms with Gasteiger partial charge >= 0.3 is 0 Å². The topological polar surface area (TPSA) is 70.1 Å². The van der Waals surface area contributed by atoms with Crippen LogP contribution in [0.5, 0.6) is 0 Å². The lowest BCUT2D eigenvalue weighted by molar-refractivity contribution is -0.128. The maximum atomic E-state index is 10.8. The molecule has 0 aliphatic heterocycles. The molecule has 4 heteroatoms. The minimum Gasteiger partial charge on any atom is -0.344 e. The fourth-order valence-corrected chi connectivity index (χ4v) is 0.521. The highest BCUT2D eigenvalue weighted by molar-refractivity contribution is 5.77. The first-order valence-corrected chi connectivity index (χ1v) is 3.03. The normalized spacial score (nSPS) is 8.50. The molecule has 10 heavy (non-hydrogen) atoms. The molecule has 0 heterocycles. The van der Waals surface area contributed by atoms with E-state index in [0.29, 0.717) is 13.1 Å². The lowest BCUT2D eigenvalue weighted by Crippen LogP contribution is -2.31. The van der Waals surface area contributed by atoms with Crippen LogP contribution in [0.25, 0.3) is 0 Å². The highest BCUT2D eigenvalue weighted by Crippen LogP contribution is 1.86. The van der Waals surface area contributed by atoms with Gasteiger partial charge in [-0.3, -0.25) is 4.79 Å². The van der Waals surface area contributed by atoms with E-state index in [2.05, 4.69) is 0 Å². The minimum atomic E-state index is -0.173. The van der Waals surface area contributed by atoms with Crippen molar-refractivity contribution in [2.24, 2.45) is 5.73 Å². The summed E-state index contributed by atoms with van der Waals surface area (Å²) in [7, 11) is 1.63. The zero-order valence-corrected chi connectivity index (χ0v) is 6.00. The molecule has 0 spiro atoms. The van der Waals surface area contributed by atoms with Gasteiger partial charge in [-0.1, -0.05) is 0 Å². The highest BCUT2D eigenvalue weighted by atomic mass is 16.2. The van der Waals surface area contributed by atoms with Crippen molar-refractivity contribution in [3.05, 3.63) is 0 Å². The van der Waals surface area contributed by atoms with Gasteiger partial charge in [-0.25, -0.2) is 0 Å². The van der Waals surface area contributed by atoms with Gasteiger partial charge < -0.3 is 10.6 Å². The fourth-order valence-electron chi connectivity index (χ4n) is 0.521. The van der Waals surface area contributed by atoms with Crippen molar-refractivity contribution < 1.29 is 4.79 Å². The first-order chi connectivity index (χ1) is 4.72. The Balaban J connectivity index is 3.62. The molecule has 0 atom stereocenters. The van der Waals surface area contributed by atoms with E-state index in [1.807, 2.05) is 0 Å². The van der Waals surface area contributed by atoms with E-state index >= 15 is 0 Å². The summed E-state index contributed by atoms with van der Waals surface area (Å²) < 4.78 is 0. The lowest BCUT2D eigenvalue weighted by atomic mass is 10.4. The molecule has 0 aliphatic carbocycles. The third-order valence-electron chi connectivity index (χ3n) is 1.12. The van der Waals surface area contributed by atoms with Gasteiger partial charge in [0.1, 0.15) is 6.42 Å². The van der Waals surface area contributed by atoms with Gasteiger partial charge in [0.05, 0.1) is 6.07 Å². The van der Waals surface area contributed by atoms with Crippen LogP contribution < -0.4 is 5.73 Å². The summed E-state index contributed by atoms with van der Waals surface area (Å²) in [5.74, 6) is -0.173. The number of nitrogens with two attached hydrogens (primary N) is 1. The number of hydrogen-bond donors (Lipinski definition) is 1. The van der Waals surface area contributed by atoms with Gasteiger partial charge in [0.25, 0.3) is 0 Å². The van der Waals surface area contributed by atoms with Crippen LogP contribution in [0.3, 0.4) is 0 Å². The molecule has 4 nitrogen and oxygen atoms in total. The van der Waals surface area contributed by atoms with Gasteiger partial charge in [0.2, 0.25) is 5.91 Å². The van der Waals surface area contributed by atoms with E-state index in [9.17, 15) is 4.79 Å². The van der Waals surface area contributed by atoms with Crippen LogP contribution in [0.2, 0.25) is 0 Å². The van der Waals surface area contributed by atoms with Crippen molar-refractivity contribution in [1.82, 2.24) is 4.90 Å². The second kappa shape index (κ2) is 4.77. The molecule has 0 saturated carbocycles. The molecule has 0 radical (unpaired) electrons. The van der Waals surface area contributed by atoms with Gasteiger partial charge in [0.15, 0.2) is 0 Å². The van der Waals surface area contributed by atoms with Crippen LogP contribution in [0.4, 0.5) is 0 Å². The predicted molar refractivity (Wildman–Crippen MR) is 36.9 cm³/mol. The van der Waals surface area contributed by atoms with Crippen molar-refractivity contribution in [3.63, 3.8) is 0 Å². The van der Waals surface area contributed by atoms with Crippen LogP contribution in [0.1, 0.15) is 6.42 Å². The zero-order valence-electron chi connectivity index (χ0n) is 6.00. The predicted octanol–water partition coefficient (Wildman–Crippen LogP) is -0.683. The maximum absolute atomic E-state index is 10.8. The molecular formula is C6H11N3O. The maximum Gasteiger partial charge on any atom is 0.236 e. The summed E-state index contributed by atoms with van der Waals surface area (Å²) in [5.41, 5.74) is 5.19. The van der Waals surface area contributed by atoms with Crippen LogP contribution in [0, 0.1) is 11.3 Å². The average molecular weight is 141 g/mol. The van der Waals surface area contributed by atoms with Crippen LogP contribution in [-0.4, -0.2) is 30.9 Å². The monoisotopic (exact) mass is 141 g/mol. The zero-order chi connectivity index (χ0) is 7.98. The largest absolute Gasteiger partial charge is 0.344 e. The van der Waals surface area contributed by atoms with E-state index in [1.165, 1.54) is 4.90 Å². The van der Waals surface area contributed by atoms with Gasteiger partial charge in [-0.05, 0) is 0 Å². The summed E-state index contributed by atoms with van der Waals surface area (Å²) in [6.07, 6.45) is -0.0590. The van der Waals surface area contributed by atoms with Crippen LogP contribution in [-0.2, 0) is 4.79 Å². The molecule has 2 N–H and O–H groups in total. The second-order valence-electron chi connectivity index (χ2n) is 1.94. The van der Waals surface area contributed by atoms with E-state index in [4.69, 9.17) is 11.0 Å². The smallest absolute Gasteiger partial charge is 0.236 e. The molecule has 0 fully saturated rings. The average Bonchev–Trinajstić information content (AvgIpc) is 1.89. The van der Waals surface area contributed by atoms with Crippen molar-refractivity contribution in [2.45, 2.75) is 6.42 Å². The molecule has 56 valence electrons. The molecular weight excluding hydrogens is 130 g/mol. The standard InChI is InChI=1S/C6H11N3O/c1-9(5-4-8)6(10)2-3-7/h2,4-5,8H2,1H3. The van der Waals surface area contributed by atoms with Gasteiger partial charge in [-0.15, -0.1) is 0 Å². The number of carbonyl (C=O) groups is 1. The van der Waals surface area contributed by atoms with E-state index in [1.54, 1.807) is 13.1 Å². The summed E-state index contributed by atoms with van der Waals surface area (Å²) in [6.45, 7) is 0.953. The summed E-state index contributed by atoms with van der Waals surface area (Å²) in [4.78, 5) is 12.2. The molecule has 0 aromatic heterocycles. The molecule has 0 aromatic carbocycles. The Morgan fingerprint density at radius 3 is 2.80 bits per heavy atom. The Bertz CT molecular complexity index is 150. The molecule has 1 amide bonds. The number of likely N-dealkylation sites (N-methyl/N-ethyl adjacent to an activating group) is 1. The Morgan fingerprint density at radius 2 is 2.40 bits per heavy atom. The van der Waals surface area contributed by atoms with Crippen molar-refractivity contribution in [2.75, 3.05) is 20.1 Å². The van der Waals surface area contributed by atoms with Crippen molar-refractivity contribution in [3.8, 4) is 6.07 Å². The molecule has 0 saturated heterocycles. The fraction of sp³-hybridized carbons (Fsp3) is 0.667. The first-order valence-electron chi connectivity index (χ1n) is 3.03. The molecule has 0 unspecified atom stereocenters. The second-order valence-corrected chi connectivity index (χ2v) is 1.94. The number of amides is 1. The van der Waals surface area contributed by atoms with Crippen molar-refractivity contribution in [1.29, 1.82) is 5.26 Å². The quantitative estimate of drug-likeness (QED) is 0.566. The third kappa shape index (κ3) is 3.05. The molecule has 0 rings (SSSR count). The Kier molecular flexibility index (Phi) is 4.25. The molecule has 0 aliphatic rings. The lowest BCUT2D eigenvalue weighted by Gasteiger charge is -2.12. The Labute approximate surface area is 60.2 Å². The summed E-state index contributed by atoms with van der Waals surface area (Å²) in [6, 6.07) is 1.77. The van der Waals surface area contributed by atoms with E-state index in [0.717, 1.165) is 0 Å². The summed E-state index contributed by atoms with van der Waals surface area (Å²) in [5, 5.41) is 8.13. The molecule has 0 aromatic rings. The number of nitrogens with zero attached hydrogens (tertiary/aromatic N) is 2. The van der Waals surface area contributed by atoms with E-state index < -0.39 is 0 Å². The van der Waals surface area contributed by atoms with Crippen LogP contribution in [0.15, 0.2) is 0 Å². The van der Waals surface area contributed by atoms with E-state index in [-0.39, 0.29) is 12.3 Å². The first kappa shape index (κ1) is 8.92. The van der Waals surface area contributed by atoms with Crippen molar-refractivity contribution >= 4 is 5.91 Å². The number of nitriles is 1. The highest BCUT2D eigenvalue weighted by Gasteiger charge is 2.04. The number of rotatable bonds is 3. The van der Waals surface area contributed by atoms with Crippen LogP contribution >= 0.6 is 0 Å². The summed E-state index contributed by atoms with van der Waals surface area (Å²) >= 11 is 0. The minimum absolute atomic E-state index is 0.0590. The third-order valence-corrected chi connectivity index (χ3v) is 1.12. The Hall–Kier alpha value is -1.08. The molecule has 0 bridgehead atoms. The van der Waals surface area contributed by atoms with Gasteiger partial charge in [-0.2, -0.15) is 5.26 Å².